The molecule has 4 N–H and O–H groups in total. The highest BCUT2D eigenvalue weighted by Gasteiger charge is 2.35. The number of rotatable bonds is 0. The summed E-state index contributed by atoms with van der Waals surface area (Å²) in [4.78, 5) is 8.93. The van der Waals surface area contributed by atoms with Gasteiger partial charge < -0.3 is 0 Å². The maximum Gasteiger partial charge on any atom is 0.425 e. The van der Waals surface area contributed by atoms with Crippen LogP contribution in [0.5, 0.6) is 0 Å². The maximum atomic E-state index is 8.93. The van der Waals surface area contributed by atoms with Crippen LogP contribution in [0.25, 0.3) is 0 Å². The van der Waals surface area contributed by atoms with Crippen LogP contribution in [0.2, 0.25) is 0 Å². The molecular formula is C3H10N2O2P+. The summed E-state index contributed by atoms with van der Waals surface area (Å²) < 4.78 is 4.80. The van der Waals surface area contributed by atoms with Crippen molar-refractivity contribution in [2.24, 2.45) is 5.50 Å². The van der Waals surface area contributed by atoms with E-state index in [0.29, 0.717) is 6.61 Å². The summed E-state index contributed by atoms with van der Waals surface area (Å²) in [6.07, 6.45) is 0.930. The Morgan fingerprint density at radius 2 is 2.50 bits per heavy atom. The van der Waals surface area contributed by atoms with Gasteiger partial charge >= 0.3 is 8.02 Å². The Kier molecular flexibility index (Phi) is 1.80. The van der Waals surface area contributed by atoms with Crippen molar-refractivity contribution in [1.29, 1.82) is 0 Å². The zero-order valence-electron chi connectivity index (χ0n) is 4.50. The first-order valence-electron chi connectivity index (χ1n) is 2.51. The largest absolute Gasteiger partial charge is 0.425 e. The lowest BCUT2D eigenvalue weighted by molar-refractivity contribution is 0.254. The third-order valence-electron chi connectivity index (χ3n) is 0.948. The fourth-order valence-corrected chi connectivity index (χ4v) is 1.54. The zero-order valence-corrected chi connectivity index (χ0v) is 5.40. The van der Waals surface area contributed by atoms with Gasteiger partial charge in [-0.15, -0.1) is 10.6 Å². The van der Waals surface area contributed by atoms with Gasteiger partial charge in [-0.25, -0.2) is 0 Å². The van der Waals surface area contributed by atoms with Gasteiger partial charge in [0, 0.05) is 6.54 Å². The third kappa shape index (κ3) is 1.65. The summed E-state index contributed by atoms with van der Waals surface area (Å²) >= 11 is 0. The molecule has 1 fully saturated rings. The van der Waals surface area contributed by atoms with Crippen LogP contribution in [0.3, 0.4) is 0 Å². The summed E-state index contributed by atoms with van der Waals surface area (Å²) in [5.74, 6) is 0. The van der Waals surface area contributed by atoms with E-state index in [1.54, 1.807) is 0 Å². The molecule has 1 unspecified atom stereocenters. The first-order chi connectivity index (χ1) is 3.71. The van der Waals surface area contributed by atoms with E-state index < -0.39 is 8.02 Å². The highest BCUT2D eigenvalue weighted by Crippen LogP contribution is 2.43. The van der Waals surface area contributed by atoms with Gasteiger partial charge in [-0.05, 0) is 6.42 Å². The number of nitrogens with one attached hydrogen (secondary N) is 1. The number of hydrogen-bond donors (Lipinski definition) is 3. The monoisotopic (exact) mass is 137 g/mol. The lowest BCUT2D eigenvalue weighted by atomic mass is 10.5. The van der Waals surface area contributed by atoms with E-state index in [4.69, 9.17) is 14.9 Å². The number of nitrogens with two attached hydrogens (primary N) is 1. The average Bonchev–Trinajstić information content (AvgIpc) is 1.65. The van der Waals surface area contributed by atoms with Crippen LogP contribution in [0, 0.1) is 0 Å². The molecule has 8 heavy (non-hydrogen) atoms. The van der Waals surface area contributed by atoms with E-state index in [1.807, 2.05) is 0 Å². The van der Waals surface area contributed by atoms with Gasteiger partial charge in [0.1, 0.15) is 0 Å². The molecule has 5 heteroatoms. The van der Waals surface area contributed by atoms with E-state index >= 15 is 0 Å². The molecule has 1 saturated heterocycles. The van der Waals surface area contributed by atoms with Crippen molar-refractivity contribution in [3.63, 3.8) is 0 Å². The molecule has 0 aliphatic carbocycles. The van der Waals surface area contributed by atoms with Crippen molar-refractivity contribution < 1.29 is 9.42 Å². The maximum absolute atomic E-state index is 8.93. The fourth-order valence-electron chi connectivity index (χ4n) is 0.561. The van der Waals surface area contributed by atoms with Gasteiger partial charge in [0.15, 0.2) is 0 Å². The molecule has 1 atom stereocenters. The van der Waals surface area contributed by atoms with Crippen molar-refractivity contribution in [3.8, 4) is 0 Å². The molecule has 48 valence electrons. The molecule has 1 aliphatic heterocycles. The molecule has 4 nitrogen and oxygen atoms in total. The quantitative estimate of drug-likeness (QED) is 0.398. The van der Waals surface area contributed by atoms with E-state index in [-0.39, 0.29) is 0 Å². The van der Waals surface area contributed by atoms with Crippen LogP contribution < -0.4 is 10.6 Å². The predicted molar refractivity (Wildman–Crippen MR) is 31.9 cm³/mol. The molecule has 0 saturated carbocycles. The molecular weight excluding hydrogens is 127 g/mol. The third-order valence-corrected chi connectivity index (χ3v) is 2.20. The molecule has 1 aliphatic rings. The first-order valence-corrected chi connectivity index (χ1v) is 4.24. The molecule has 1 rings (SSSR count). The first kappa shape index (κ1) is 6.39. The van der Waals surface area contributed by atoms with Gasteiger partial charge in [0.25, 0.3) is 0 Å². The second-order valence-electron chi connectivity index (χ2n) is 1.72. The summed E-state index contributed by atoms with van der Waals surface area (Å²) in [6.45, 7) is 1.34. The Balaban J connectivity index is 2.33. The van der Waals surface area contributed by atoms with Crippen molar-refractivity contribution in [2.75, 3.05) is 13.2 Å². The SMILES string of the molecule is N[P+]1(O)NCCCO1. The molecule has 0 spiro atoms. The Morgan fingerprint density at radius 3 is 2.75 bits per heavy atom. The molecule has 0 radical (unpaired) electrons. The predicted octanol–water partition coefficient (Wildman–Crippen LogP) is -0.375. The van der Waals surface area contributed by atoms with Crippen LogP contribution in [0.4, 0.5) is 0 Å². The van der Waals surface area contributed by atoms with Crippen molar-refractivity contribution in [3.05, 3.63) is 0 Å². The smallest absolute Gasteiger partial charge is 0.187 e. The van der Waals surface area contributed by atoms with Crippen molar-refractivity contribution in [1.82, 2.24) is 5.09 Å². The topological polar surface area (TPSA) is 67.5 Å². The summed E-state index contributed by atoms with van der Waals surface area (Å²) in [7, 11) is -2.59. The highest BCUT2D eigenvalue weighted by atomic mass is 31.2. The van der Waals surface area contributed by atoms with Gasteiger partial charge in [-0.1, -0.05) is 0 Å². The van der Waals surface area contributed by atoms with Crippen LogP contribution in [-0.4, -0.2) is 18.0 Å². The zero-order chi connectivity index (χ0) is 6.04. The standard InChI is InChI=1S/C3H10N2O2P/c4-8(6)5-2-1-3-7-8/h5-6H,1-4H2/q+1. The Labute approximate surface area is 48.6 Å². The van der Waals surface area contributed by atoms with Gasteiger partial charge in [-0.3, -0.25) is 0 Å². The van der Waals surface area contributed by atoms with E-state index in [0.717, 1.165) is 13.0 Å². The van der Waals surface area contributed by atoms with Gasteiger partial charge in [0.2, 0.25) is 0 Å². The summed E-state index contributed by atoms with van der Waals surface area (Å²) in [6, 6.07) is 0. The molecule has 0 aromatic heterocycles. The lowest BCUT2D eigenvalue weighted by Gasteiger charge is -2.17. The van der Waals surface area contributed by atoms with Gasteiger partial charge in [0.05, 0.1) is 6.61 Å². The van der Waals surface area contributed by atoms with Crippen LogP contribution in [0.15, 0.2) is 0 Å². The molecule has 0 aromatic carbocycles. The molecule has 0 aromatic rings. The second kappa shape index (κ2) is 2.25. The number of hydrogen-bond acceptors (Lipinski definition) is 4. The average molecular weight is 137 g/mol. The molecule has 1 heterocycles. The highest BCUT2D eigenvalue weighted by molar-refractivity contribution is 7.61. The van der Waals surface area contributed by atoms with Crippen LogP contribution >= 0.6 is 8.02 Å². The minimum atomic E-state index is -2.59. The van der Waals surface area contributed by atoms with Crippen LogP contribution in [0.1, 0.15) is 6.42 Å². The van der Waals surface area contributed by atoms with Crippen LogP contribution in [-0.2, 0) is 4.52 Å². The second-order valence-corrected chi connectivity index (χ2v) is 3.54. The molecule has 0 amide bonds. The summed E-state index contributed by atoms with van der Waals surface area (Å²) in [5, 5.41) is 2.68. The van der Waals surface area contributed by atoms with E-state index in [2.05, 4.69) is 5.09 Å². The minimum Gasteiger partial charge on any atom is -0.187 e. The Bertz CT molecular complexity index is 79.4. The minimum absolute atomic E-state index is 0.577. The summed E-state index contributed by atoms with van der Waals surface area (Å²) in [5.41, 5.74) is 5.21. The van der Waals surface area contributed by atoms with E-state index in [1.165, 1.54) is 0 Å². The normalized spacial score (nSPS) is 39.8. The Morgan fingerprint density at radius 1 is 1.75 bits per heavy atom. The van der Waals surface area contributed by atoms with Crippen molar-refractivity contribution >= 4 is 8.02 Å². The molecule has 0 bridgehead atoms. The van der Waals surface area contributed by atoms with Gasteiger partial charge in [-0.2, -0.15) is 9.42 Å². The Hall–Kier alpha value is 0.270. The lowest BCUT2D eigenvalue weighted by Crippen LogP contribution is -2.30. The van der Waals surface area contributed by atoms with E-state index in [9.17, 15) is 0 Å². The fraction of sp³-hybridized carbons (Fsp3) is 1.00. The van der Waals surface area contributed by atoms with Crippen molar-refractivity contribution in [2.45, 2.75) is 6.42 Å².